The molecule has 130 valence electrons. The normalized spacial score (nSPS) is 14.9. The number of anilines is 1. The molecule has 2 N–H and O–H groups in total. The summed E-state index contributed by atoms with van der Waals surface area (Å²) in [6.45, 7) is 1.68. The SMILES string of the molecule is CC(=O)c1ccc(NCC(=O)N(CC2CCCCC2)C(=O)O)cc1. The van der Waals surface area contributed by atoms with Crippen molar-refractivity contribution in [3.63, 3.8) is 0 Å². The van der Waals surface area contributed by atoms with Crippen LogP contribution in [0.1, 0.15) is 49.4 Å². The standard InChI is InChI=1S/C18H24N2O4/c1-13(21)15-7-9-16(10-8-15)19-11-17(22)20(18(23)24)12-14-5-3-2-4-6-14/h7-10,14,19H,2-6,11-12H2,1H3,(H,23,24). The van der Waals surface area contributed by atoms with E-state index in [1.807, 2.05) is 0 Å². The number of hydrogen-bond donors (Lipinski definition) is 2. The van der Waals surface area contributed by atoms with Crippen molar-refractivity contribution in [1.29, 1.82) is 0 Å². The third-order valence-corrected chi connectivity index (χ3v) is 4.43. The van der Waals surface area contributed by atoms with E-state index in [1.54, 1.807) is 24.3 Å². The van der Waals surface area contributed by atoms with Crippen LogP contribution in [0.5, 0.6) is 0 Å². The summed E-state index contributed by atoms with van der Waals surface area (Å²) in [6, 6.07) is 6.75. The number of hydrogen-bond acceptors (Lipinski definition) is 4. The van der Waals surface area contributed by atoms with Gasteiger partial charge in [-0.1, -0.05) is 19.3 Å². The molecule has 1 saturated carbocycles. The molecule has 24 heavy (non-hydrogen) atoms. The van der Waals surface area contributed by atoms with Crippen molar-refractivity contribution in [2.75, 3.05) is 18.4 Å². The van der Waals surface area contributed by atoms with Crippen molar-refractivity contribution in [2.45, 2.75) is 39.0 Å². The van der Waals surface area contributed by atoms with Crippen molar-refractivity contribution in [2.24, 2.45) is 5.92 Å². The van der Waals surface area contributed by atoms with Crippen LogP contribution in [-0.4, -0.2) is 40.9 Å². The van der Waals surface area contributed by atoms with Gasteiger partial charge in [-0.2, -0.15) is 0 Å². The summed E-state index contributed by atoms with van der Waals surface area (Å²) in [5.41, 5.74) is 1.27. The van der Waals surface area contributed by atoms with Gasteiger partial charge in [-0.05, 0) is 49.9 Å². The fraction of sp³-hybridized carbons (Fsp3) is 0.500. The highest BCUT2D eigenvalue weighted by atomic mass is 16.4. The minimum atomic E-state index is -1.20. The van der Waals surface area contributed by atoms with Crippen molar-refractivity contribution in [3.8, 4) is 0 Å². The van der Waals surface area contributed by atoms with Crippen molar-refractivity contribution >= 4 is 23.5 Å². The number of imide groups is 1. The first-order valence-electron chi connectivity index (χ1n) is 8.35. The molecular weight excluding hydrogens is 308 g/mol. The number of carboxylic acid groups (broad SMARTS) is 1. The molecule has 1 aliphatic rings. The first kappa shape index (κ1) is 18.0. The lowest BCUT2D eigenvalue weighted by atomic mass is 9.89. The van der Waals surface area contributed by atoms with Crippen molar-refractivity contribution in [1.82, 2.24) is 4.90 Å². The van der Waals surface area contributed by atoms with Crippen LogP contribution >= 0.6 is 0 Å². The van der Waals surface area contributed by atoms with Crippen LogP contribution in [0, 0.1) is 5.92 Å². The van der Waals surface area contributed by atoms with Gasteiger partial charge >= 0.3 is 6.09 Å². The second-order valence-corrected chi connectivity index (χ2v) is 6.28. The second-order valence-electron chi connectivity index (χ2n) is 6.28. The Balaban J connectivity index is 1.90. The van der Waals surface area contributed by atoms with Crippen LogP contribution in [0.3, 0.4) is 0 Å². The van der Waals surface area contributed by atoms with Gasteiger partial charge in [0, 0.05) is 17.8 Å². The molecule has 0 spiro atoms. The van der Waals surface area contributed by atoms with E-state index in [9.17, 15) is 19.5 Å². The van der Waals surface area contributed by atoms with Gasteiger partial charge in [-0.3, -0.25) is 9.59 Å². The van der Waals surface area contributed by atoms with Crippen molar-refractivity contribution in [3.05, 3.63) is 29.8 Å². The zero-order valence-corrected chi connectivity index (χ0v) is 14.0. The predicted molar refractivity (Wildman–Crippen MR) is 91.2 cm³/mol. The number of rotatable bonds is 6. The van der Waals surface area contributed by atoms with Crippen LogP contribution in [-0.2, 0) is 4.79 Å². The number of benzene rings is 1. The van der Waals surface area contributed by atoms with Gasteiger partial charge < -0.3 is 10.4 Å². The average molecular weight is 332 g/mol. The summed E-state index contributed by atoms with van der Waals surface area (Å²) in [4.78, 5) is 35.8. The summed E-state index contributed by atoms with van der Waals surface area (Å²) >= 11 is 0. The number of amides is 2. The lowest BCUT2D eigenvalue weighted by Gasteiger charge is -2.26. The number of Topliss-reactive ketones (excluding diaryl/α,β-unsaturated/α-hetero) is 1. The zero-order valence-electron chi connectivity index (χ0n) is 14.0. The molecule has 0 saturated heterocycles. The number of carbonyl (C=O) groups excluding carboxylic acids is 2. The molecule has 0 atom stereocenters. The Kier molecular flexibility index (Phi) is 6.35. The molecule has 0 unspecified atom stereocenters. The van der Waals surface area contributed by atoms with E-state index in [0.29, 0.717) is 11.3 Å². The molecule has 0 aliphatic heterocycles. The Morgan fingerprint density at radius 3 is 2.29 bits per heavy atom. The molecule has 2 rings (SSSR count). The van der Waals surface area contributed by atoms with E-state index >= 15 is 0 Å². The summed E-state index contributed by atoms with van der Waals surface area (Å²) in [5, 5.41) is 12.2. The molecule has 6 heteroatoms. The molecule has 2 amide bonds. The van der Waals surface area contributed by atoms with E-state index in [2.05, 4.69) is 5.32 Å². The maximum atomic E-state index is 12.2. The molecule has 1 fully saturated rings. The fourth-order valence-electron chi connectivity index (χ4n) is 3.01. The lowest BCUT2D eigenvalue weighted by molar-refractivity contribution is -0.127. The van der Waals surface area contributed by atoms with E-state index in [4.69, 9.17) is 0 Å². The van der Waals surface area contributed by atoms with E-state index in [-0.39, 0.29) is 24.8 Å². The highest BCUT2D eigenvalue weighted by Gasteiger charge is 2.25. The van der Waals surface area contributed by atoms with E-state index < -0.39 is 12.0 Å². The molecule has 0 aromatic heterocycles. The van der Waals surface area contributed by atoms with Crippen molar-refractivity contribution < 1.29 is 19.5 Å². The first-order chi connectivity index (χ1) is 11.5. The summed E-state index contributed by atoms with van der Waals surface area (Å²) < 4.78 is 0. The highest BCUT2D eigenvalue weighted by Crippen LogP contribution is 2.24. The van der Waals surface area contributed by atoms with E-state index in [0.717, 1.165) is 30.6 Å². The quantitative estimate of drug-likeness (QED) is 0.780. The molecule has 0 heterocycles. The maximum Gasteiger partial charge on any atom is 0.414 e. The fourth-order valence-corrected chi connectivity index (χ4v) is 3.01. The second kappa shape index (κ2) is 8.47. The lowest BCUT2D eigenvalue weighted by Crippen LogP contribution is -2.42. The third kappa shape index (κ3) is 5.08. The van der Waals surface area contributed by atoms with Gasteiger partial charge in [0.15, 0.2) is 5.78 Å². The van der Waals surface area contributed by atoms with Crippen LogP contribution in [0.25, 0.3) is 0 Å². The van der Waals surface area contributed by atoms with Gasteiger partial charge in [-0.15, -0.1) is 0 Å². The average Bonchev–Trinajstić information content (AvgIpc) is 2.58. The van der Waals surface area contributed by atoms with Gasteiger partial charge in [0.2, 0.25) is 0 Å². The van der Waals surface area contributed by atoms with Gasteiger partial charge in [-0.25, -0.2) is 9.69 Å². The summed E-state index contributed by atoms with van der Waals surface area (Å²) in [7, 11) is 0. The minimum absolute atomic E-state index is 0.0258. The van der Waals surface area contributed by atoms with Crippen LogP contribution in [0.15, 0.2) is 24.3 Å². The molecule has 1 aliphatic carbocycles. The Bertz CT molecular complexity index is 592. The monoisotopic (exact) mass is 332 g/mol. The van der Waals surface area contributed by atoms with Crippen LogP contribution in [0.2, 0.25) is 0 Å². The van der Waals surface area contributed by atoms with E-state index in [1.165, 1.54) is 13.3 Å². The van der Waals surface area contributed by atoms with Gasteiger partial charge in [0.25, 0.3) is 5.91 Å². The zero-order chi connectivity index (χ0) is 17.5. The third-order valence-electron chi connectivity index (χ3n) is 4.43. The number of nitrogens with zero attached hydrogens (tertiary/aromatic N) is 1. The smallest absolute Gasteiger partial charge is 0.414 e. The van der Waals surface area contributed by atoms with Crippen LogP contribution in [0.4, 0.5) is 10.5 Å². The molecule has 6 nitrogen and oxygen atoms in total. The van der Waals surface area contributed by atoms with Gasteiger partial charge in [0.05, 0.1) is 6.54 Å². The largest absolute Gasteiger partial charge is 0.465 e. The first-order valence-corrected chi connectivity index (χ1v) is 8.35. The molecule has 0 bridgehead atoms. The Hall–Kier alpha value is -2.37. The molecule has 1 aromatic carbocycles. The molecular formula is C18H24N2O4. The Labute approximate surface area is 141 Å². The Morgan fingerprint density at radius 1 is 1.12 bits per heavy atom. The Morgan fingerprint density at radius 2 is 1.75 bits per heavy atom. The highest BCUT2D eigenvalue weighted by molar-refractivity contribution is 5.95. The molecule has 0 radical (unpaired) electrons. The number of carbonyl (C=O) groups is 3. The summed E-state index contributed by atoms with van der Waals surface area (Å²) in [5.74, 6) is -0.209. The topological polar surface area (TPSA) is 86.7 Å². The molecule has 1 aromatic rings. The van der Waals surface area contributed by atoms with Crippen LogP contribution < -0.4 is 5.32 Å². The summed E-state index contributed by atoms with van der Waals surface area (Å²) in [6.07, 6.45) is 4.17. The maximum absolute atomic E-state index is 12.2. The number of ketones is 1. The van der Waals surface area contributed by atoms with Gasteiger partial charge in [0.1, 0.15) is 0 Å². The minimum Gasteiger partial charge on any atom is -0.465 e. The number of nitrogens with one attached hydrogen (secondary N) is 1. The predicted octanol–water partition coefficient (Wildman–Crippen LogP) is 3.39.